The van der Waals surface area contributed by atoms with Crippen molar-refractivity contribution < 1.29 is 0 Å². The Morgan fingerprint density at radius 2 is 2.31 bits per heavy atom. The number of halogens is 2. The Bertz CT molecular complexity index is 278. The van der Waals surface area contributed by atoms with Crippen LogP contribution in [0.5, 0.6) is 0 Å². The first kappa shape index (κ1) is 10.9. The van der Waals surface area contributed by atoms with Gasteiger partial charge in [-0.15, -0.1) is 0 Å². The molecule has 0 bridgehead atoms. The highest BCUT2D eigenvalue weighted by atomic mass is 79.9. The molecule has 1 unspecified atom stereocenters. The minimum absolute atomic E-state index is 0.444. The molecule has 13 heavy (non-hydrogen) atoms. The Balaban J connectivity index is 2.76. The van der Waals surface area contributed by atoms with Gasteiger partial charge in [0.25, 0.3) is 0 Å². The summed E-state index contributed by atoms with van der Waals surface area (Å²) in [6.45, 7) is 3.02. The molecule has 1 heterocycles. The molecule has 0 aliphatic rings. The summed E-state index contributed by atoms with van der Waals surface area (Å²) < 4.78 is 0.922. The Morgan fingerprint density at radius 1 is 1.62 bits per heavy atom. The van der Waals surface area contributed by atoms with E-state index in [1.165, 1.54) is 0 Å². The standard InChI is InChI=1S/C8H11Br2N3/c1-6(9)4-13(2)8-7(10)3-11-5-12-8/h3,5-6H,4H2,1-2H3. The molecule has 5 heteroatoms. The quantitative estimate of drug-likeness (QED) is 0.803. The SMILES string of the molecule is CC(Br)CN(C)c1ncncc1Br. The predicted molar refractivity (Wildman–Crippen MR) is 61.4 cm³/mol. The van der Waals surface area contributed by atoms with Crippen LogP contribution in [0.25, 0.3) is 0 Å². The van der Waals surface area contributed by atoms with E-state index in [1.807, 2.05) is 7.05 Å². The number of aromatic nitrogens is 2. The summed E-state index contributed by atoms with van der Waals surface area (Å²) in [5.41, 5.74) is 0. The molecule has 0 spiro atoms. The highest BCUT2D eigenvalue weighted by Crippen LogP contribution is 2.21. The fourth-order valence-corrected chi connectivity index (χ4v) is 2.01. The molecule has 0 amide bonds. The van der Waals surface area contributed by atoms with Gasteiger partial charge in [0.05, 0.1) is 4.47 Å². The Labute approximate surface area is 94.8 Å². The van der Waals surface area contributed by atoms with Gasteiger partial charge in [-0.1, -0.05) is 22.9 Å². The van der Waals surface area contributed by atoms with Crippen molar-refractivity contribution in [3.8, 4) is 0 Å². The fourth-order valence-electron chi connectivity index (χ4n) is 1.05. The van der Waals surface area contributed by atoms with Gasteiger partial charge < -0.3 is 4.90 Å². The monoisotopic (exact) mass is 307 g/mol. The highest BCUT2D eigenvalue weighted by molar-refractivity contribution is 9.10. The summed E-state index contributed by atoms with van der Waals surface area (Å²) in [5.74, 6) is 0.918. The van der Waals surface area contributed by atoms with Gasteiger partial charge in [-0.05, 0) is 15.9 Å². The van der Waals surface area contributed by atoms with E-state index in [0.29, 0.717) is 4.83 Å². The van der Waals surface area contributed by atoms with Gasteiger partial charge in [0.1, 0.15) is 12.1 Å². The predicted octanol–water partition coefficient (Wildman–Crippen LogP) is 2.46. The van der Waals surface area contributed by atoms with E-state index >= 15 is 0 Å². The van der Waals surface area contributed by atoms with Crippen LogP contribution in [-0.4, -0.2) is 28.4 Å². The first-order valence-corrected chi connectivity index (χ1v) is 5.63. The Morgan fingerprint density at radius 3 is 2.85 bits per heavy atom. The average molecular weight is 309 g/mol. The molecule has 0 saturated heterocycles. The molecule has 0 aliphatic carbocycles. The fraction of sp³-hybridized carbons (Fsp3) is 0.500. The molecule has 1 atom stereocenters. The van der Waals surface area contributed by atoms with Crippen LogP contribution in [0.3, 0.4) is 0 Å². The number of rotatable bonds is 3. The van der Waals surface area contributed by atoms with Gasteiger partial charge in [-0.25, -0.2) is 9.97 Å². The van der Waals surface area contributed by atoms with Crippen LogP contribution in [-0.2, 0) is 0 Å². The molecule has 0 N–H and O–H groups in total. The average Bonchev–Trinajstić information content (AvgIpc) is 2.03. The molecular formula is C8H11Br2N3. The number of hydrogen-bond donors (Lipinski definition) is 0. The van der Waals surface area contributed by atoms with Crippen LogP contribution in [0.15, 0.2) is 17.0 Å². The summed E-state index contributed by atoms with van der Waals surface area (Å²) in [6.07, 6.45) is 3.30. The lowest BCUT2D eigenvalue weighted by atomic mass is 10.4. The summed E-state index contributed by atoms with van der Waals surface area (Å²) in [4.78, 5) is 10.6. The number of hydrogen-bond acceptors (Lipinski definition) is 3. The largest absolute Gasteiger partial charge is 0.358 e. The van der Waals surface area contributed by atoms with Crippen molar-refractivity contribution in [2.45, 2.75) is 11.8 Å². The molecule has 0 saturated carbocycles. The molecule has 1 aromatic heterocycles. The van der Waals surface area contributed by atoms with Gasteiger partial charge in [-0.2, -0.15) is 0 Å². The second-order valence-corrected chi connectivity index (χ2v) is 5.27. The van der Waals surface area contributed by atoms with E-state index in [-0.39, 0.29) is 0 Å². The zero-order valence-electron chi connectivity index (χ0n) is 7.54. The highest BCUT2D eigenvalue weighted by Gasteiger charge is 2.08. The van der Waals surface area contributed by atoms with E-state index in [9.17, 15) is 0 Å². The molecule has 3 nitrogen and oxygen atoms in total. The first-order valence-electron chi connectivity index (χ1n) is 3.92. The van der Waals surface area contributed by atoms with Crippen LogP contribution in [0.2, 0.25) is 0 Å². The molecular weight excluding hydrogens is 298 g/mol. The topological polar surface area (TPSA) is 29.0 Å². The smallest absolute Gasteiger partial charge is 0.146 e. The van der Waals surface area contributed by atoms with E-state index in [1.54, 1.807) is 12.5 Å². The van der Waals surface area contributed by atoms with Crippen molar-refractivity contribution >= 4 is 37.7 Å². The van der Waals surface area contributed by atoms with E-state index in [4.69, 9.17) is 0 Å². The zero-order chi connectivity index (χ0) is 9.84. The van der Waals surface area contributed by atoms with Crippen molar-refractivity contribution in [3.05, 3.63) is 17.0 Å². The zero-order valence-corrected chi connectivity index (χ0v) is 10.7. The van der Waals surface area contributed by atoms with Crippen LogP contribution in [0.4, 0.5) is 5.82 Å². The number of nitrogens with zero attached hydrogens (tertiary/aromatic N) is 3. The maximum atomic E-state index is 4.18. The van der Waals surface area contributed by atoms with Crippen molar-refractivity contribution in [2.75, 3.05) is 18.5 Å². The van der Waals surface area contributed by atoms with Gasteiger partial charge in [0, 0.05) is 24.6 Å². The number of anilines is 1. The first-order chi connectivity index (χ1) is 6.11. The third-order valence-electron chi connectivity index (χ3n) is 1.54. The summed E-state index contributed by atoms with van der Waals surface area (Å²) >= 11 is 6.90. The van der Waals surface area contributed by atoms with Gasteiger partial charge in [0.15, 0.2) is 0 Å². The lowest BCUT2D eigenvalue weighted by Gasteiger charge is -2.20. The lowest BCUT2D eigenvalue weighted by Crippen LogP contribution is -2.25. The number of alkyl halides is 1. The minimum Gasteiger partial charge on any atom is -0.358 e. The third-order valence-corrected chi connectivity index (χ3v) is 2.38. The maximum Gasteiger partial charge on any atom is 0.146 e. The van der Waals surface area contributed by atoms with Gasteiger partial charge in [0.2, 0.25) is 0 Å². The summed E-state index contributed by atoms with van der Waals surface area (Å²) in [7, 11) is 2.00. The second kappa shape index (κ2) is 4.91. The van der Waals surface area contributed by atoms with Crippen LogP contribution >= 0.6 is 31.9 Å². The van der Waals surface area contributed by atoms with Gasteiger partial charge >= 0.3 is 0 Å². The van der Waals surface area contributed by atoms with Crippen LogP contribution in [0, 0.1) is 0 Å². The Hall–Kier alpha value is -0.160. The molecule has 1 aromatic rings. The summed E-state index contributed by atoms with van der Waals surface area (Å²) in [6, 6.07) is 0. The molecule has 0 fully saturated rings. The van der Waals surface area contributed by atoms with E-state index in [0.717, 1.165) is 16.8 Å². The summed E-state index contributed by atoms with van der Waals surface area (Å²) in [5, 5.41) is 0. The van der Waals surface area contributed by atoms with Crippen molar-refractivity contribution in [3.63, 3.8) is 0 Å². The maximum absolute atomic E-state index is 4.18. The van der Waals surface area contributed by atoms with Crippen LogP contribution < -0.4 is 4.90 Å². The molecule has 0 aromatic carbocycles. The van der Waals surface area contributed by atoms with E-state index < -0.39 is 0 Å². The van der Waals surface area contributed by atoms with Crippen molar-refractivity contribution in [1.82, 2.24) is 9.97 Å². The van der Waals surface area contributed by atoms with Crippen molar-refractivity contribution in [1.29, 1.82) is 0 Å². The Kier molecular flexibility index (Phi) is 4.12. The minimum atomic E-state index is 0.444. The lowest BCUT2D eigenvalue weighted by molar-refractivity contribution is 0.853. The third kappa shape index (κ3) is 3.23. The second-order valence-electron chi connectivity index (χ2n) is 2.86. The molecule has 0 radical (unpaired) electrons. The molecule has 1 rings (SSSR count). The normalized spacial score (nSPS) is 12.6. The molecule has 0 aliphatic heterocycles. The molecule has 72 valence electrons. The van der Waals surface area contributed by atoms with Gasteiger partial charge in [-0.3, -0.25) is 0 Å². The van der Waals surface area contributed by atoms with Crippen LogP contribution in [0.1, 0.15) is 6.92 Å². The van der Waals surface area contributed by atoms with Crippen molar-refractivity contribution in [2.24, 2.45) is 0 Å². The van der Waals surface area contributed by atoms with E-state index in [2.05, 4.69) is 53.7 Å².